The first-order valence-corrected chi connectivity index (χ1v) is 14.1. The number of hydrogen-bond acceptors (Lipinski definition) is 7. The Balaban J connectivity index is 2.49. The summed E-state index contributed by atoms with van der Waals surface area (Å²) in [7, 11) is 0. The molecule has 3 unspecified atom stereocenters. The number of esters is 1. The van der Waals surface area contributed by atoms with E-state index in [9.17, 15) is 24.3 Å². The number of carbonyl (C=O) groups is 4. The topological polar surface area (TPSA) is 134 Å². The fraction of sp³-hybridized carbons (Fsp3) is 0.500. The molecular formula is C32H45N3O7. The Morgan fingerprint density at radius 1 is 0.833 bits per heavy atom. The zero-order chi connectivity index (χ0) is 31.8. The number of hydrogen-bond donors (Lipinski definition) is 3. The first-order valence-electron chi connectivity index (χ1n) is 14.1. The van der Waals surface area contributed by atoms with Crippen LogP contribution < -0.4 is 10.6 Å². The number of nitrogens with one attached hydrogen (secondary N) is 2. The minimum atomic E-state index is -1.26. The van der Waals surface area contributed by atoms with Gasteiger partial charge in [0.2, 0.25) is 11.8 Å². The first kappa shape index (κ1) is 34.1. The van der Waals surface area contributed by atoms with Gasteiger partial charge in [-0.1, -0.05) is 42.5 Å². The summed E-state index contributed by atoms with van der Waals surface area (Å²) in [6.07, 6.45) is -0.626. The number of amides is 3. The number of ether oxygens (including phenoxy) is 2. The highest BCUT2D eigenvalue weighted by atomic mass is 16.6. The normalized spacial score (nSPS) is 13.9. The van der Waals surface area contributed by atoms with E-state index in [-0.39, 0.29) is 12.2 Å². The maximum absolute atomic E-state index is 14.1. The number of carbonyl (C=O) groups excluding carboxylic acids is 4. The molecule has 0 aliphatic carbocycles. The van der Waals surface area contributed by atoms with Crippen molar-refractivity contribution >= 4 is 23.9 Å². The molecule has 0 aromatic heterocycles. The average molecular weight is 584 g/mol. The minimum Gasteiger partial charge on any atom is -0.508 e. The summed E-state index contributed by atoms with van der Waals surface area (Å²) in [4.78, 5) is 54.9. The lowest BCUT2D eigenvalue weighted by atomic mass is 9.99. The molecule has 2 aromatic carbocycles. The fourth-order valence-corrected chi connectivity index (χ4v) is 4.25. The predicted molar refractivity (Wildman–Crippen MR) is 160 cm³/mol. The number of benzene rings is 2. The van der Waals surface area contributed by atoms with Gasteiger partial charge < -0.3 is 30.1 Å². The van der Waals surface area contributed by atoms with Crippen LogP contribution in [0.2, 0.25) is 0 Å². The van der Waals surface area contributed by atoms with E-state index in [0.717, 1.165) is 5.56 Å². The summed E-state index contributed by atoms with van der Waals surface area (Å²) in [5, 5.41) is 15.6. The van der Waals surface area contributed by atoms with Crippen LogP contribution in [0.25, 0.3) is 0 Å². The molecule has 3 atom stereocenters. The van der Waals surface area contributed by atoms with Crippen molar-refractivity contribution in [3.8, 4) is 5.75 Å². The van der Waals surface area contributed by atoms with E-state index >= 15 is 0 Å². The Morgan fingerprint density at radius 2 is 1.43 bits per heavy atom. The highest BCUT2D eigenvalue weighted by Gasteiger charge is 2.38. The fourth-order valence-electron chi connectivity index (χ4n) is 4.25. The molecule has 3 N–H and O–H groups in total. The van der Waals surface area contributed by atoms with Crippen molar-refractivity contribution in [2.45, 2.75) is 104 Å². The Labute approximate surface area is 248 Å². The molecule has 2 rings (SSSR count). The van der Waals surface area contributed by atoms with Gasteiger partial charge in [-0.05, 0) is 85.6 Å². The van der Waals surface area contributed by atoms with E-state index in [2.05, 4.69) is 10.6 Å². The van der Waals surface area contributed by atoms with Crippen LogP contribution in [0.3, 0.4) is 0 Å². The van der Waals surface area contributed by atoms with Crippen molar-refractivity contribution in [1.82, 2.24) is 15.5 Å². The van der Waals surface area contributed by atoms with Crippen LogP contribution in [0.1, 0.15) is 79.5 Å². The lowest BCUT2D eigenvalue weighted by Gasteiger charge is -2.37. The largest absolute Gasteiger partial charge is 0.508 e. The minimum absolute atomic E-state index is 0.102. The van der Waals surface area contributed by atoms with Crippen molar-refractivity contribution in [1.29, 1.82) is 0 Å². The molecule has 0 aliphatic heterocycles. The van der Waals surface area contributed by atoms with Crippen LogP contribution >= 0.6 is 0 Å². The molecule has 0 radical (unpaired) electrons. The quantitative estimate of drug-likeness (QED) is 0.347. The summed E-state index contributed by atoms with van der Waals surface area (Å²) >= 11 is 0. The van der Waals surface area contributed by atoms with Crippen molar-refractivity contribution in [3.63, 3.8) is 0 Å². The van der Waals surface area contributed by atoms with Crippen LogP contribution in [0, 0.1) is 0 Å². The SMILES string of the molecule is CC(NC(=O)OC(C)(C)C)C(=O)N(C(C)C)C(C(=O)NC(Cc1ccccc1)C(=O)OC(C)(C)C)c1cccc(O)c1. The van der Waals surface area contributed by atoms with E-state index in [4.69, 9.17) is 9.47 Å². The molecule has 10 nitrogen and oxygen atoms in total. The molecule has 230 valence electrons. The van der Waals surface area contributed by atoms with E-state index in [1.54, 1.807) is 67.5 Å². The van der Waals surface area contributed by atoms with Gasteiger partial charge in [-0.15, -0.1) is 0 Å². The molecule has 0 heterocycles. The number of rotatable bonds is 10. The van der Waals surface area contributed by atoms with Crippen molar-refractivity contribution in [2.24, 2.45) is 0 Å². The molecule has 3 amide bonds. The Hall–Kier alpha value is -4.08. The van der Waals surface area contributed by atoms with Gasteiger partial charge in [0.25, 0.3) is 0 Å². The highest BCUT2D eigenvalue weighted by molar-refractivity contribution is 5.94. The van der Waals surface area contributed by atoms with Gasteiger partial charge >= 0.3 is 12.1 Å². The summed E-state index contributed by atoms with van der Waals surface area (Å²) in [5.74, 6) is -1.94. The van der Waals surface area contributed by atoms with Crippen LogP contribution in [0.15, 0.2) is 54.6 Å². The molecule has 42 heavy (non-hydrogen) atoms. The van der Waals surface area contributed by atoms with E-state index in [1.807, 2.05) is 30.3 Å². The average Bonchev–Trinajstić information content (AvgIpc) is 2.84. The molecule has 0 bridgehead atoms. The monoisotopic (exact) mass is 583 g/mol. The standard InChI is InChI=1S/C32H45N3O7/c1-20(2)35(28(38)21(3)33-30(40)42-32(7,8)9)26(23-16-13-17-24(36)19-23)27(37)34-25(29(39)41-31(4,5)6)18-22-14-11-10-12-15-22/h10-17,19-21,25-26,36H,18H2,1-9H3,(H,33,40)(H,34,37). The second-order valence-electron chi connectivity index (χ2n) is 12.5. The molecule has 0 fully saturated rings. The van der Waals surface area contributed by atoms with Gasteiger partial charge in [-0.3, -0.25) is 9.59 Å². The first-order chi connectivity index (χ1) is 19.4. The molecule has 2 aromatic rings. The number of phenols is 1. The van der Waals surface area contributed by atoms with Crippen LogP contribution in [0.4, 0.5) is 4.79 Å². The van der Waals surface area contributed by atoms with Crippen molar-refractivity contribution in [3.05, 3.63) is 65.7 Å². The third-order valence-electron chi connectivity index (χ3n) is 5.92. The number of alkyl carbamates (subject to hydrolysis) is 1. The van der Waals surface area contributed by atoms with Crippen LogP contribution in [0.5, 0.6) is 5.75 Å². The maximum atomic E-state index is 14.1. The molecule has 0 saturated heterocycles. The van der Waals surface area contributed by atoms with Gasteiger partial charge in [0.1, 0.15) is 35.1 Å². The third kappa shape index (κ3) is 10.7. The Kier molecular flexibility index (Phi) is 11.5. The molecule has 0 spiro atoms. The highest BCUT2D eigenvalue weighted by Crippen LogP contribution is 2.28. The lowest BCUT2D eigenvalue weighted by molar-refractivity contribution is -0.159. The van der Waals surface area contributed by atoms with E-state index < -0.39 is 59.2 Å². The number of phenolic OH excluding ortho intramolecular Hbond substituents is 1. The van der Waals surface area contributed by atoms with Crippen molar-refractivity contribution < 1.29 is 33.8 Å². The Bertz CT molecular complexity index is 1230. The number of aromatic hydroxyl groups is 1. The van der Waals surface area contributed by atoms with Gasteiger partial charge in [0.05, 0.1) is 0 Å². The van der Waals surface area contributed by atoms with Crippen LogP contribution in [-0.2, 0) is 30.3 Å². The molecule has 0 saturated carbocycles. The molecule has 10 heteroatoms. The van der Waals surface area contributed by atoms with Gasteiger partial charge in [-0.25, -0.2) is 9.59 Å². The predicted octanol–water partition coefficient (Wildman–Crippen LogP) is 4.65. The van der Waals surface area contributed by atoms with Gasteiger partial charge in [0, 0.05) is 12.5 Å². The summed E-state index contributed by atoms with van der Waals surface area (Å²) in [6.45, 7) is 15.3. The van der Waals surface area contributed by atoms with Gasteiger partial charge in [0.15, 0.2) is 0 Å². The Morgan fingerprint density at radius 3 is 1.95 bits per heavy atom. The van der Waals surface area contributed by atoms with Crippen LogP contribution in [-0.4, -0.2) is 63.2 Å². The summed E-state index contributed by atoms with van der Waals surface area (Å²) in [6, 6.07) is 11.3. The lowest BCUT2D eigenvalue weighted by Crippen LogP contribution is -2.56. The second-order valence-corrected chi connectivity index (χ2v) is 12.5. The second kappa shape index (κ2) is 14.2. The zero-order valence-electron chi connectivity index (χ0n) is 26.1. The number of nitrogens with zero attached hydrogens (tertiary/aromatic N) is 1. The van der Waals surface area contributed by atoms with E-state index in [0.29, 0.717) is 5.56 Å². The van der Waals surface area contributed by atoms with Crippen molar-refractivity contribution in [2.75, 3.05) is 0 Å². The zero-order valence-corrected chi connectivity index (χ0v) is 26.1. The smallest absolute Gasteiger partial charge is 0.408 e. The maximum Gasteiger partial charge on any atom is 0.408 e. The summed E-state index contributed by atoms with van der Waals surface area (Å²) in [5.41, 5.74) is -0.454. The molecule has 0 aliphatic rings. The van der Waals surface area contributed by atoms with Gasteiger partial charge in [-0.2, -0.15) is 0 Å². The molecular weight excluding hydrogens is 538 g/mol. The third-order valence-corrected chi connectivity index (χ3v) is 5.92. The van der Waals surface area contributed by atoms with E-state index in [1.165, 1.54) is 24.0 Å². The summed E-state index contributed by atoms with van der Waals surface area (Å²) < 4.78 is 10.9.